The summed E-state index contributed by atoms with van der Waals surface area (Å²) in [6, 6.07) is 6.84. The average Bonchev–Trinajstić information content (AvgIpc) is 2.78. The second kappa shape index (κ2) is 4.94. The molecule has 0 spiro atoms. The SMILES string of the molecule is Cc1ccc2c(c1)nc(C1CNCCO1)n2C(C)C. The van der Waals surface area contributed by atoms with Crippen molar-refractivity contribution in [2.45, 2.75) is 32.9 Å². The highest BCUT2D eigenvalue weighted by atomic mass is 16.5. The number of aryl methyl sites for hydroxylation is 1. The summed E-state index contributed by atoms with van der Waals surface area (Å²) >= 11 is 0. The van der Waals surface area contributed by atoms with Gasteiger partial charge in [0.05, 0.1) is 17.6 Å². The number of nitrogens with zero attached hydrogens (tertiary/aromatic N) is 2. The van der Waals surface area contributed by atoms with E-state index in [1.807, 2.05) is 0 Å². The molecule has 0 radical (unpaired) electrons. The van der Waals surface area contributed by atoms with Crippen molar-refractivity contribution in [3.63, 3.8) is 0 Å². The zero-order chi connectivity index (χ0) is 13.4. The number of fused-ring (bicyclic) bond motifs is 1. The Hall–Kier alpha value is -1.39. The molecular formula is C15H21N3O. The van der Waals surface area contributed by atoms with Crippen LogP contribution in [0.3, 0.4) is 0 Å². The maximum Gasteiger partial charge on any atom is 0.140 e. The molecule has 4 nitrogen and oxygen atoms in total. The minimum absolute atomic E-state index is 0.0591. The molecule has 1 atom stereocenters. The summed E-state index contributed by atoms with van der Waals surface area (Å²) in [7, 11) is 0. The molecule has 4 heteroatoms. The Morgan fingerprint density at radius 3 is 2.95 bits per heavy atom. The van der Waals surface area contributed by atoms with Gasteiger partial charge in [0.15, 0.2) is 0 Å². The van der Waals surface area contributed by atoms with Crippen molar-refractivity contribution >= 4 is 11.0 Å². The zero-order valence-electron chi connectivity index (χ0n) is 11.8. The summed E-state index contributed by atoms with van der Waals surface area (Å²) in [5.41, 5.74) is 3.51. The van der Waals surface area contributed by atoms with Gasteiger partial charge in [-0.25, -0.2) is 4.98 Å². The predicted octanol–water partition coefficient (Wildman–Crippen LogP) is 2.59. The highest BCUT2D eigenvalue weighted by molar-refractivity contribution is 5.77. The summed E-state index contributed by atoms with van der Waals surface area (Å²) in [5.74, 6) is 1.04. The third kappa shape index (κ3) is 2.26. The van der Waals surface area contributed by atoms with E-state index < -0.39 is 0 Å². The van der Waals surface area contributed by atoms with E-state index in [1.54, 1.807) is 0 Å². The Morgan fingerprint density at radius 2 is 2.26 bits per heavy atom. The van der Waals surface area contributed by atoms with Crippen LogP contribution < -0.4 is 5.32 Å². The number of ether oxygens (including phenoxy) is 1. The quantitative estimate of drug-likeness (QED) is 0.901. The Labute approximate surface area is 113 Å². The molecular weight excluding hydrogens is 238 g/mol. The molecule has 1 aliphatic heterocycles. The summed E-state index contributed by atoms with van der Waals surface area (Å²) in [5, 5.41) is 3.38. The molecule has 102 valence electrons. The lowest BCUT2D eigenvalue weighted by Gasteiger charge is -2.25. The molecule has 1 fully saturated rings. The van der Waals surface area contributed by atoms with Gasteiger partial charge < -0.3 is 14.6 Å². The Bertz CT molecular complexity index is 582. The number of hydrogen-bond donors (Lipinski definition) is 1. The highest BCUT2D eigenvalue weighted by Crippen LogP contribution is 2.27. The molecule has 2 heterocycles. The molecule has 1 aliphatic rings. The van der Waals surface area contributed by atoms with E-state index in [2.05, 4.69) is 48.9 Å². The molecule has 1 aromatic carbocycles. The van der Waals surface area contributed by atoms with Gasteiger partial charge in [-0.2, -0.15) is 0 Å². The van der Waals surface area contributed by atoms with Gasteiger partial charge in [0.2, 0.25) is 0 Å². The van der Waals surface area contributed by atoms with Crippen molar-refractivity contribution in [1.29, 1.82) is 0 Å². The van der Waals surface area contributed by atoms with Crippen LogP contribution in [0, 0.1) is 6.92 Å². The standard InChI is InChI=1S/C15H21N3O/c1-10(2)18-13-5-4-11(3)8-12(13)17-15(18)14-9-16-6-7-19-14/h4-5,8,10,14,16H,6-7,9H2,1-3H3. The fourth-order valence-electron chi connectivity index (χ4n) is 2.73. The van der Waals surface area contributed by atoms with Crippen LogP contribution in [0.1, 0.15) is 37.4 Å². The van der Waals surface area contributed by atoms with E-state index in [-0.39, 0.29) is 6.10 Å². The van der Waals surface area contributed by atoms with Gasteiger partial charge in [0.25, 0.3) is 0 Å². The zero-order valence-corrected chi connectivity index (χ0v) is 11.8. The van der Waals surface area contributed by atoms with Crippen molar-refractivity contribution in [2.75, 3.05) is 19.7 Å². The molecule has 1 N–H and O–H groups in total. The topological polar surface area (TPSA) is 39.1 Å². The van der Waals surface area contributed by atoms with Crippen LogP contribution in [0.25, 0.3) is 11.0 Å². The Morgan fingerprint density at radius 1 is 1.42 bits per heavy atom. The number of nitrogens with one attached hydrogen (secondary N) is 1. The molecule has 0 saturated carbocycles. The largest absolute Gasteiger partial charge is 0.368 e. The van der Waals surface area contributed by atoms with Crippen molar-refractivity contribution < 1.29 is 4.74 Å². The Balaban J connectivity index is 2.13. The van der Waals surface area contributed by atoms with Crippen LogP contribution >= 0.6 is 0 Å². The van der Waals surface area contributed by atoms with Crippen molar-refractivity contribution in [2.24, 2.45) is 0 Å². The van der Waals surface area contributed by atoms with Crippen LogP contribution in [0.15, 0.2) is 18.2 Å². The molecule has 19 heavy (non-hydrogen) atoms. The van der Waals surface area contributed by atoms with Gasteiger partial charge in [-0.05, 0) is 38.5 Å². The summed E-state index contributed by atoms with van der Waals surface area (Å²) in [4.78, 5) is 4.82. The molecule has 1 saturated heterocycles. The molecule has 2 aromatic rings. The summed E-state index contributed by atoms with van der Waals surface area (Å²) < 4.78 is 8.17. The average molecular weight is 259 g/mol. The van der Waals surface area contributed by atoms with Gasteiger partial charge in [-0.15, -0.1) is 0 Å². The smallest absolute Gasteiger partial charge is 0.140 e. The van der Waals surface area contributed by atoms with E-state index >= 15 is 0 Å². The molecule has 1 aromatic heterocycles. The number of imidazole rings is 1. The second-order valence-electron chi connectivity index (χ2n) is 5.49. The van der Waals surface area contributed by atoms with E-state index in [0.29, 0.717) is 6.04 Å². The second-order valence-corrected chi connectivity index (χ2v) is 5.49. The maximum absolute atomic E-state index is 5.87. The van der Waals surface area contributed by atoms with Crippen molar-refractivity contribution in [3.8, 4) is 0 Å². The molecule has 0 bridgehead atoms. The van der Waals surface area contributed by atoms with Gasteiger partial charge in [-0.1, -0.05) is 6.07 Å². The highest BCUT2D eigenvalue weighted by Gasteiger charge is 2.24. The fraction of sp³-hybridized carbons (Fsp3) is 0.533. The lowest BCUT2D eigenvalue weighted by molar-refractivity contribution is 0.0197. The first-order valence-corrected chi connectivity index (χ1v) is 6.97. The van der Waals surface area contributed by atoms with Crippen LogP contribution in [0.2, 0.25) is 0 Å². The van der Waals surface area contributed by atoms with Gasteiger partial charge in [-0.3, -0.25) is 0 Å². The minimum Gasteiger partial charge on any atom is -0.368 e. The fourth-order valence-corrected chi connectivity index (χ4v) is 2.73. The first-order valence-electron chi connectivity index (χ1n) is 6.97. The molecule has 1 unspecified atom stereocenters. The number of rotatable bonds is 2. The number of morpholine rings is 1. The first kappa shape index (κ1) is 12.6. The lowest BCUT2D eigenvalue weighted by atomic mass is 10.2. The van der Waals surface area contributed by atoms with Crippen LogP contribution in [-0.4, -0.2) is 29.2 Å². The van der Waals surface area contributed by atoms with Gasteiger partial charge >= 0.3 is 0 Å². The normalized spacial score (nSPS) is 20.3. The van der Waals surface area contributed by atoms with E-state index in [0.717, 1.165) is 31.0 Å². The van der Waals surface area contributed by atoms with Crippen LogP contribution in [0.4, 0.5) is 0 Å². The summed E-state index contributed by atoms with van der Waals surface area (Å²) in [6.07, 6.45) is 0.0591. The molecule has 3 rings (SSSR count). The first-order chi connectivity index (χ1) is 9.16. The molecule has 0 aliphatic carbocycles. The third-order valence-electron chi connectivity index (χ3n) is 3.60. The van der Waals surface area contributed by atoms with Crippen molar-refractivity contribution in [3.05, 3.63) is 29.6 Å². The number of hydrogen-bond acceptors (Lipinski definition) is 3. The maximum atomic E-state index is 5.87. The van der Waals surface area contributed by atoms with Crippen LogP contribution in [0.5, 0.6) is 0 Å². The van der Waals surface area contributed by atoms with E-state index in [4.69, 9.17) is 9.72 Å². The number of aromatic nitrogens is 2. The summed E-state index contributed by atoms with van der Waals surface area (Å²) in [6.45, 7) is 9.02. The minimum atomic E-state index is 0.0591. The van der Waals surface area contributed by atoms with Crippen LogP contribution in [-0.2, 0) is 4.74 Å². The van der Waals surface area contributed by atoms with E-state index in [1.165, 1.54) is 11.1 Å². The predicted molar refractivity (Wildman–Crippen MR) is 76.4 cm³/mol. The van der Waals surface area contributed by atoms with Gasteiger partial charge in [0, 0.05) is 19.1 Å². The monoisotopic (exact) mass is 259 g/mol. The van der Waals surface area contributed by atoms with Crippen molar-refractivity contribution in [1.82, 2.24) is 14.9 Å². The molecule has 0 amide bonds. The number of benzene rings is 1. The van der Waals surface area contributed by atoms with Gasteiger partial charge in [0.1, 0.15) is 11.9 Å². The van der Waals surface area contributed by atoms with E-state index in [9.17, 15) is 0 Å². The third-order valence-corrected chi connectivity index (χ3v) is 3.60. The Kier molecular flexibility index (Phi) is 3.29. The lowest BCUT2D eigenvalue weighted by Crippen LogP contribution is -2.34.